The van der Waals surface area contributed by atoms with Crippen molar-refractivity contribution in [3.63, 3.8) is 0 Å². The molecule has 1 fully saturated rings. The molecule has 1 aromatic rings. The number of rotatable bonds is 1. The summed E-state index contributed by atoms with van der Waals surface area (Å²) in [6.45, 7) is 1.04. The van der Waals surface area contributed by atoms with E-state index >= 15 is 0 Å². The fourth-order valence-corrected chi connectivity index (χ4v) is 2.07. The molecule has 82 valence electrons. The largest absolute Gasteiger partial charge is 0.399 e. The molecule has 0 aliphatic carbocycles. The van der Waals surface area contributed by atoms with Gasteiger partial charge in [0.1, 0.15) is 6.07 Å². The van der Waals surface area contributed by atoms with E-state index in [9.17, 15) is 5.26 Å². The first kappa shape index (κ1) is 10.6. The van der Waals surface area contributed by atoms with Crippen molar-refractivity contribution in [2.75, 3.05) is 19.3 Å². The number of nitrogen functional groups attached to an aromatic ring is 1. The SMILES string of the molecule is CN1CCCC1=C(C#N)c1ccc(N)cc1. The third-order valence-electron chi connectivity index (χ3n) is 2.97. The van der Waals surface area contributed by atoms with Gasteiger partial charge in [-0.15, -0.1) is 0 Å². The average Bonchev–Trinajstić information content (AvgIpc) is 2.69. The average molecular weight is 213 g/mol. The molecule has 0 amide bonds. The molecule has 0 unspecified atom stereocenters. The van der Waals surface area contributed by atoms with Gasteiger partial charge in [-0.05, 0) is 30.5 Å². The maximum absolute atomic E-state index is 9.26. The van der Waals surface area contributed by atoms with Crippen molar-refractivity contribution in [1.29, 1.82) is 5.26 Å². The summed E-state index contributed by atoms with van der Waals surface area (Å²) in [4.78, 5) is 2.16. The Kier molecular flexibility index (Phi) is 2.82. The van der Waals surface area contributed by atoms with Crippen LogP contribution in [-0.2, 0) is 0 Å². The van der Waals surface area contributed by atoms with E-state index in [1.54, 1.807) is 0 Å². The van der Waals surface area contributed by atoms with Crippen molar-refractivity contribution >= 4 is 11.3 Å². The first-order valence-electron chi connectivity index (χ1n) is 5.42. The Hall–Kier alpha value is -1.95. The smallest absolute Gasteiger partial charge is 0.102 e. The lowest BCUT2D eigenvalue weighted by Gasteiger charge is -2.14. The number of likely N-dealkylation sites (tertiary alicyclic amines) is 1. The van der Waals surface area contributed by atoms with Crippen LogP contribution in [0.2, 0.25) is 0 Å². The van der Waals surface area contributed by atoms with Gasteiger partial charge in [0, 0.05) is 25.0 Å². The predicted molar refractivity (Wildman–Crippen MR) is 65.3 cm³/mol. The third-order valence-corrected chi connectivity index (χ3v) is 2.97. The summed E-state index contributed by atoms with van der Waals surface area (Å²) in [7, 11) is 2.04. The summed E-state index contributed by atoms with van der Waals surface area (Å²) < 4.78 is 0. The summed E-state index contributed by atoms with van der Waals surface area (Å²) in [6, 6.07) is 9.80. The molecule has 2 N–H and O–H groups in total. The van der Waals surface area contributed by atoms with E-state index in [1.807, 2.05) is 31.3 Å². The van der Waals surface area contributed by atoms with Gasteiger partial charge < -0.3 is 10.6 Å². The predicted octanol–water partition coefficient (Wildman–Crippen LogP) is 2.23. The van der Waals surface area contributed by atoms with Crippen molar-refractivity contribution in [1.82, 2.24) is 4.90 Å². The van der Waals surface area contributed by atoms with Gasteiger partial charge in [0.05, 0.1) is 5.57 Å². The Bertz CT molecular complexity index is 451. The second-order valence-corrected chi connectivity index (χ2v) is 4.08. The van der Waals surface area contributed by atoms with Crippen LogP contribution in [0.15, 0.2) is 30.0 Å². The summed E-state index contributed by atoms with van der Waals surface area (Å²) in [5.74, 6) is 0. The van der Waals surface area contributed by atoms with E-state index in [0.717, 1.165) is 41.9 Å². The molecule has 1 aliphatic rings. The molecule has 0 atom stereocenters. The molecule has 1 saturated heterocycles. The lowest BCUT2D eigenvalue weighted by Crippen LogP contribution is -2.11. The van der Waals surface area contributed by atoms with Crippen LogP contribution in [0, 0.1) is 11.3 Å². The van der Waals surface area contributed by atoms with E-state index < -0.39 is 0 Å². The molecule has 0 radical (unpaired) electrons. The molecule has 1 aromatic carbocycles. The van der Waals surface area contributed by atoms with Crippen LogP contribution in [0.25, 0.3) is 5.57 Å². The van der Waals surface area contributed by atoms with Gasteiger partial charge in [0.2, 0.25) is 0 Å². The molecule has 3 heteroatoms. The zero-order valence-corrected chi connectivity index (χ0v) is 9.40. The van der Waals surface area contributed by atoms with Crippen molar-refractivity contribution in [2.45, 2.75) is 12.8 Å². The monoisotopic (exact) mass is 213 g/mol. The van der Waals surface area contributed by atoms with Gasteiger partial charge in [0.25, 0.3) is 0 Å². The molecule has 0 saturated carbocycles. The number of nitriles is 1. The molecule has 0 spiro atoms. The number of nitrogens with two attached hydrogens (primary N) is 1. The molecule has 1 heterocycles. The Morgan fingerprint density at radius 1 is 1.38 bits per heavy atom. The van der Waals surface area contributed by atoms with E-state index in [1.165, 1.54) is 0 Å². The highest BCUT2D eigenvalue weighted by Crippen LogP contribution is 2.28. The third kappa shape index (κ3) is 1.87. The van der Waals surface area contributed by atoms with E-state index in [-0.39, 0.29) is 0 Å². The fraction of sp³-hybridized carbons (Fsp3) is 0.308. The first-order chi connectivity index (χ1) is 7.72. The minimum atomic E-state index is 0.728. The number of nitrogens with zero attached hydrogens (tertiary/aromatic N) is 2. The molecule has 0 aromatic heterocycles. The summed E-state index contributed by atoms with van der Waals surface area (Å²) in [6.07, 6.45) is 2.12. The fourth-order valence-electron chi connectivity index (χ4n) is 2.07. The Morgan fingerprint density at radius 2 is 2.06 bits per heavy atom. The van der Waals surface area contributed by atoms with Crippen LogP contribution in [0.4, 0.5) is 5.69 Å². The lowest BCUT2D eigenvalue weighted by molar-refractivity contribution is 0.483. The number of allylic oxidation sites excluding steroid dienone is 2. The normalized spacial score (nSPS) is 18.4. The molecule has 1 aliphatic heterocycles. The van der Waals surface area contributed by atoms with Crippen LogP contribution in [0.1, 0.15) is 18.4 Å². The highest BCUT2D eigenvalue weighted by molar-refractivity contribution is 5.79. The second kappa shape index (κ2) is 4.28. The summed E-state index contributed by atoms with van der Waals surface area (Å²) >= 11 is 0. The minimum absolute atomic E-state index is 0.728. The Labute approximate surface area is 95.8 Å². The quantitative estimate of drug-likeness (QED) is 0.575. The minimum Gasteiger partial charge on any atom is -0.399 e. The first-order valence-corrected chi connectivity index (χ1v) is 5.42. The zero-order valence-electron chi connectivity index (χ0n) is 9.40. The molecular weight excluding hydrogens is 198 g/mol. The lowest BCUT2D eigenvalue weighted by atomic mass is 10.0. The second-order valence-electron chi connectivity index (χ2n) is 4.08. The van der Waals surface area contributed by atoms with Gasteiger partial charge >= 0.3 is 0 Å². The van der Waals surface area contributed by atoms with E-state index in [2.05, 4.69) is 11.0 Å². The number of hydrogen-bond donors (Lipinski definition) is 1. The van der Waals surface area contributed by atoms with Gasteiger partial charge in [-0.3, -0.25) is 0 Å². The van der Waals surface area contributed by atoms with Crippen molar-refractivity contribution in [3.8, 4) is 6.07 Å². The van der Waals surface area contributed by atoms with Crippen molar-refractivity contribution < 1.29 is 0 Å². The molecule has 2 rings (SSSR count). The van der Waals surface area contributed by atoms with Crippen LogP contribution in [-0.4, -0.2) is 18.5 Å². The summed E-state index contributed by atoms with van der Waals surface area (Å²) in [5, 5.41) is 9.26. The molecular formula is C13H15N3. The van der Waals surface area contributed by atoms with Gasteiger partial charge in [-0.1, -0.05) is 12.1 Å². The number of anilines is 1. The highest BCUT2D eigenvalue weighted by Gasteiger charge is 2.18. The topological polar surface area (TPSA) is 53.0 Å². The maximum Gasteiger partial charge on any atom is 0.102 e. The van der Waals surface area contributed by atoms with Crippen molar-refractivity contribution in [3.05, 3.63) is 35.5 Å². The number of hydrogen-bond acceptors (Lipinski definition) is 3. The molecule has 3 nitrogen and oxygen atoms in total. The van der Waals surface area contributed by atoms with Crippen LogP contribution in [0.5, 0.6) is 0 Å². The highest BCUT2D eigenvalue weighted by atomic mass is 15.1. The Morgan fingerprint density at radius 3 is 2.56 bits per heavy atom. The maximum atomic E-state index is 9.26. The summed E-state index contributed by atoms with van der Waals surface area (Å²) in [5.41, 5.74) is 9.25. The molecule has 0 bridgehead atoms. The van der Waals surface area contributed by atoms with Gasteiger partial charge in [-0.2, -0.15) is 5.26 Å². The van der Waals surface area contributed by atoms with E-state index in [0.29, 0.717) is 0 Å². The van der Waals surface area contributed by atoms with Crippen LogP contribution in [0.3, 0.4) is 0 Å². The van der Waals surface area contributed by atoms with E-state index in [4.69, 9.17) is 5.73 Å². The zero-order chi connectivity index (χ0) is 11.5. The molecule has 16 heavy (non-hydrogen) atoms. The van der Waals surface area contributed by atoms with Crippen LogP contribution < -0.4 is 5.73 Å². The van der Waals surface area contributed by atoms with Crippen molar-refractivity contribution in [2.24, 2.45) is 0 Å². The number of benzene rings is 1. The van der Waals surface area contributed by atoms with Crippen LogP contribution >= 0.6 is 0 Å². The Balaban J connectivity index is 2.44. The standard InChI is InChI=1S/C13H15N3/c1-16-8-2-3-13(16)12(9-14)10-4-6-11(15)7-5-10/h4-7H,2-3,8,15H2,1H3. The van der Waals surface area contributed by atoms with Gasteiger partial charge in [-0.25, -0.2) is 0 Å². The van der Waals surface area contributed by atoms with Gasteiger partial charge in [0.15, 0.2) is 0 Å².